The first-order valence-corrected chi connectivity index (χ1v) is 10.2. The molecule has 150 valence electrons. The van der Waals surface area contributed by atoms with Crippen LogP contribution in [-0.4, -0.2) is 32.1 Å². The van der Waals surface area contributed by atoms with Gasteiger partial charge < -0.3 is 19.8 Å². The average molecular weight is 409 g/mol. The molecule has 3 aromatic rings. The number of pyridine rings is 1. The van der Waals surface area contributed by atoms with Crippen molar-refractivity contribution < 1.29 is 14.6 Å². The van der Waals surface area contributed by atoms with Crippen LogP contribution in [0.4, 0.5) is 4.79 Å². The lowest BCUT2D eigenvalue weighted by atomic mass is 10.0. The molecule has 6 nitrogen and oxygen atoms in total. The summed E-state index contributed by atoms with van der Waals surface area (Å²) < 4.78 is 6.96. The van der Waals surface area contributed by atoms with Crippen molar-refractivity contribution in [2.45, 2.75) is 32.5 Å². The Labute approximate surface area is 173 Å². The Morgan fingerprint density at radius 2 is 2.07 bits per heavy atom. The van der Waals surface area contributed by atoms with E-state index in [1.54, 1.807) is 18.6 Å². The molecular weight excluding hydrogens is 386 g/mol. The molecule has 1 unspecified atom stereocenters. The molecule has 1 aliphatic rings. The normalized spacial score (nSPS) is 15.2. The largest absolute Gasteiger partial charge is 0.443 e. The van der Waals surface area contributed by atoms with E-state index in [4.69, 9.17) is 4.74 Å². The van der Waals surface area contributed by atoms with Gasteiger partial charge in [0.05, 0.1) is 11.6 Å². The number of rotatable bonds is 3. The van der Waals surface area contributed by atoms with E-state index in [0.717, 1.165) is 28.1 Å². The maximum absolute atomic E-state index is 12.7. The van der Waals surface area contributed by atoms with Gasteiger partial charge in [0, 0.05) is 23.3 Å². The number of nitrogens with zero attached hydrogens (tertiary/aromatic N) is 3. The van der Waals surface area contributed by atoms with E-state index in [9.17, 15) is 9.90 Å². The van der Waals surface area contributed by atoms with Gasteiger partial charge in [0.1, 0.15) is 11.0 Å². The van der Waals surface area contributed by atoms with Gasteiger partial charge in [-0.2, -0.15) is 17.5 Å². The molecule has 0 fully saturated rings. The molecule has 0 saturated heterocycles. The molecule has 7 heteroatoms. The van der Waals surface area contributed by atoms with Gasteiger partial charge >= 0.3 is 6.09 Å². The van der Waals surface area contributed by atoms with Gasteiger partial charge in [-0.1, -0.05) is 29.8 Å². The predicted molar refractivity (Wildman–Crippen MR) is 116 cm³/mol. The first-order valence-electron chi connectivity index (χ1n) is 9.25. The minimum Gasteiger partial charge on any atom is -0.443 e. The summed E-state index contributed by atoms with van der Waals surface area (Å²) in [5.41, 5.74) is 2.16. The lowest BCUT2D eigenvalue weighted by molar-refractivity contribution is 0.0544. The van der Waals surface area contributed by atoms with Crippen LogP contribution in [0.3, 0.4) is 0 Å². The first-order chi connectivity index (χ1) is 13.8. The Kier molecular flexibility index (Phi) is 5.02. The van der Waals surface area contributed by atoms with Crippen LogP contribution in [0.25, 0.3) is 10.9 Å². The van der Waals surface area contributed by atoms with Gasteiger partial charge in [0.15, 0.2) is 0 Å². The molecule has 0 saturated carbocycles. The van der Waals surface area contributed by atoms with E-state index < -0.39 is 17.8 Å². The third-order valence-electron chi connectivity index (χ3n) is 4.38. The number of para-hydroxylation sites is 1. The molecule has 2 aromatic heterocycles. The third kappa shape index (κ3) is 3.97. The summed E-state index contributed by atoms with van der Waals surface area (Å²) in [6, 6.07) is 11.2. The average Bonchev–Trinajstić information content (AvgIpc) is 3.32. The van der Waals surface area contributed by atoms with Crippen molar-refractivity contribution in [3.05, 3.63) is 77.2 Å². The number of hydrogen-bond acceptors (Lipinski definition) is 5. The van der Waals surface area contributed by atoms with Crippen LogP contribution in [0.15, 0.2) is 60.0 Å². The summed E-state index contributed by atoms with van der Waals surface area (Å²) in [4.78, 5) is 21.4. The minimum atomic E-state index is -0.953. The van der Waals surface area contributed by atoms with Crippen LogP contribution in [0.2, 0.25) is 0 Å². The summed E-state index contributed by atoms with van der Waals surface area (Å²) >= 11 is 0.899. The Morgan fingerprint density at radius 1 is 1.28 bits per heavy atom. The molecule has 29 heavy (non-hydrogen) atoms. The fraction of sp³-hybridized carbons (Fsp3) is 0.227. The molecule has 0 amide bonds. The summed E-state index contributed by atoms with van der Waals surface area (Å²) in [6.45, 7) is 5.47. The van der Waals surface area contributed by atoms with Crippen LogP contribution >= 0.6 is 0 Å². The molecule has 1 aliphatic heterocycles. The molecule has 0 spiro atoms. The number of carbonyl (C=O) groups excluding carboxylic acids is 1. The quantitative estimate of drug-likeness (QED) is 0.406. The smallest absolute Gasteiger partial charge is 0.419 e. The number of aromatic nitrogens is 2. The van der Waals surface area contributed by atoms with Gasteiger partial charge in [0.25, 0.3) is 0 Å². The number of aliphatic imine (C=N–C) groups is 1. The van der Waals surface area contributed by atoms with E-state index in [1.807, 2.05) is 62.9 Å². The van der Waals surface area contributed by atoms with Gasteiger partial charge in [0.2, 0.25) is 0 Å². The Balaban J connectivity index is 1.68. The molecule has 1 N–H and O–H groups in total. The number of carbonyl (C=O) groups is 1. The molecule has 1 atom stereocenters. The SMILES string of the molecule is CC(C)(C)OC(=O)n1cc(C(O)C2=N[C-](c3cccnc3)[SH+][CH-]2)c2ccccc21. The predicted octanol–water partition coefficient (Wildman–Crippen LogP) is 3.82. The highest BCUT2D eigenvalue weighted by atomic mass is 32.2. The Bertz CT molecular complexity index is 1070. The van der Waals surface area contributed by atoms with Crippen LogP contribution in [0.5, 0.6) is 0 Å². The zero-order valence-electron chi connectivity index (χ0n) is 16.4. The number of benzene rings is 1. The van der Waals surface area contributed by atoms with Crippen molar-refractivity contribution >= 4 is 34.5 Å². The monoisotopic (exact) mass is 408 g/mol. The van der Waals surface area contributed by atoms with Crippen molar-refractivity contribution in [3.63, 3.8) is 0 Å². The second-order valence-electron chi connectivity index (χ2n) is 7.71. The van der Waals surface area contributed by atoms with E-state index in [0.29, 0.717) is 16.8 Å². The van der Waals surface area contributed by atoms with E-state index in [1.165, 1.54) is 4.57 Å². The summed E-state index contributed by atoms with van der Waals surface area (Å²) in [5, 5.41) is 12.7. The van der Waals surface area contributed by atoms with E-state index >= 15 is 0 Å². The summed E-state index contributed by atoms with van der Waals surface area (Å²) in [7, 11) is 0. The Morgan fingerprint density at radius 3 is 2.79 bits per heavy atom. The summed E-state index contributed by atoms with van der Waals surface area (Å²) in [6.07, 6.45) is 3.67. The Hall–Kier alpha value is -2.90. The van der Waals surface area contributed by atoms with E-state index in [2.05, 4.69) is 9.98 Å². The highest BCUT2D eigenvalue weighted by Crippen LogP contribution is 2.33. The number of aliphatic hydroxyl groups excluding tert-OH is 1. The first kappa shape index (κ1) is 19.4. The molecule has 0 bridgehead atoms. The second kappa shape index (κ2) is 7.50. The van der Waals surface area contributed by atoms with Crippen molar-refractivity contribution in [3.8, 4) is 0 Å². The maximum Gasteiger partial charge on any atom is 0.419 e. The molecule has 0 radical (unpaired) electrons. The molecule has 4 rings (SSSR count). The number of aliphatic hydroxyl groups is 1. The van der Waals surface area contributed by atoms with Crippen molar-refractivity contribution in [2.75, 3.05) is 0 Å². The van der Waals surface area contributed by atoms with Gasteiger partial charge in [-0.05, 0) is 33.0 Å². The van der Waals surface area contributed by atoms with Crippen LogP contribution in [-0.2, 0) is 16.5 Å². The lowest BCUT2D eigenvalue weighted by Gasteiger charge is -2.19. The van der Waals surface area contributed by atoms with Gasteiger partial charge in [-0.15, -0.1) is 11.8 Å². The van der Waals surface area contributed by atoms with Crippen molar-refractivity contribution in [1.29, 1.82) is 0 Å². The molecule has 0 aliphatic carbocycles. The zero-order valence-corrected chi connectivity index (χ0v) is 17.3. The highest BCUT2D eigenvalue weighted by Gasteiger charge is 2.25. The van der Waals surface area contributed by atoms with Gasteiger partial charge in [-0.25, -0.2) is 4.79 Å². The van der Waals surface area contributed by atoms with Crippen molar-refractivity contribution in [1.82, 2.24) is 9.55 Å². The second-order valence-corrected chi connectivity index (χ2v) is 8.65. The number of hydrogen-bond donors (Lipinski definition) is 1. The summed E-state index contributed by atoms with van der Waals surface area (Å²) in [5.74, 6) is 1.88. The maximum atomic E-state index is 12.7. The number of thiol groups is 1. The van der Waals surface area contributed by atoms with Crippen LogP contribution in [0.1, 0.15) is 38.0 Å². The zero-order chi connectivity index (χ0) is 20.6. The lowest BCUT2D eigenvalue weighted by Crippen LogP contribution is -2.26. The standard InChI is InChI=1S/C22H22N3O3S/c1-22(2,3)28-21(27)25-12-16(15-8-4-5-9-18(15)25)19(26)17-13-29-20(24-17)14-7-6-10-23-11-14/h4-13,19,26,29H,1-3H3/q-1. The van der Waals surface area contributed by atoms with E-state index in [-0.39, 0.29) is 0 Å². The van der Waals surface area contributed by atoms with Crippen molar-refractivity contribution in [2.24, 2.45) is 4.99 Å². The number of fused-ring (bicyclic) bond motifs is 1. The molecule has 3 heterocycles. The molecule has 1 aromatic carbocycles. The minimum absolute atomic E-state index is 0.481. The van der Waals surface area contributed by atoms with Gasteiger partial charge in [-0.3, -0.25) is 4.57 Å². The topological polar surface area (TPSA) is 76.7 Å². The highest BCUT2D eigenvalue weighted by molar-refractivity contribution is 7.85. The van der Waals surface area contributed by atoms with Crippen LogP contribution in [0, 0.1) is 11.1 Å². The third-order valence-corrected chi connectivity index (χ3v) is 5.38. The molecular formula is C22H22N3O3S-. The van der Waals surface area contributed by atoms with Crippen LogP contribution < -0.4 is 0 Å². The number of ether oxygens (including phenoxy) is 1. The fourth-order valence-corrected chi connectivity index (χ4v) is 4.03. The fourth-order valence-electron chi connectivity index (χ4n) is 3.12.